The van der Waals surface area contributed by atoms with Crippen LogP contribution < -0.4 is 20.1 Å². The number of hydrogen-bond acceptors (Lipinski definition) is 10. The van der Waals surface area contributed by atoms with Crippen LogP contribution in [0.15, 0.2) is 97.1 Å². The monoisotopic (exact) mass is 816 g/mol. The second-order valence-electron chi connectivity index (χ2n) is 17.9. The summed E-state index contributed by atoms with van der Waals surface area (Å²) in [6.45, 7) is 3.64. The number of rotatable bonds is 10. The minimum absolute atomic E-state index is 0.0327. The molecule has 316 valence electrons. The van der Waals surface area contributed by atoms with E-state index in [9.17, 15) is 30.0 Å². The van der Waals surface area contributed by atoms with Gasteiger partial charge in [0.2, 0.25) is 11.8 Å². The van der Waals surface area contributed by atoms with Crippen molar-refractivity contribution in [3.8, 4) is 11.5 Å². The van der Waals surface area contributed by atoms with Crippen molar-refractivity contribution >= 4 is 23.2 Å². The van der Waals surface area contributed by atoms with E-state index in [0.29, 0.717) is 64.7 Å². The molecule has 4 heterocycles. The number of carbonyl (C=O) groups is 2. The molecule has 4 fully saturated rings. The van der Waals surface area contributed by atoms with Gasteiger partial charge in [0.05, 0.1) is 23.4 Å². The van der Waals surface area contributed by atoms with Gasteiger partial charge in [0.1, 0.15) is 23.7 Å². The number of β-amino-alcohol motifs (C(OH)–C–C–N with tert-alkyl or cyclic N) is 4. The van der Waals surface area contributed by atoms with Crippen molar-refractivity contribution in [2.45, 2.75) is 87.0 Å². The first-order valence-corrected chi connectivity index (χ1v) is 21.5. The van der Waals surface area contributed by atoms with Crippen molar-refractivity contribution in [2.24, 2.45) is 11.8 Å². The van der Waals surface area contributed by atoms with Gasteiger partial charge in [-0.3, -0.25) is 19.4 Å². The molecule has 2 saturated carbocycles. The zero-order valence-electron chi connectivity index (χ0n) is 33.9. The first kappa shape index (κ1) is 40.6. The van der Waals surface area contributed by atoms with Gasteiger partial charge in [-0.25, -0.2) is 0 Å². The lowest BCUT2D eigenvalue weighted by molar-refractivity contribution is -0.117. The van der Waals surface area contributed by atoms with Crippen molar-refractivity contribution in [3.63, 3.8) is 0 Å². The highest BCUT2D eigenvalue weighted by atomic mass is 16.5. The largest absolute Gasteiger partial charge is 0.490 e. The van der Waals surface area contributed by atoms with Crippen molar-refractivity contribution in [1.29, 1.82) is 0 Å². The molecule has 0 radical (unpaired) electrons. The van der Waals surface area contributed by atoms with E-state index in [1.54, 1.807) is 0 Å². The molecule has 2 amide bonds. The van der Waals surface area contributed by atoms with Crippen LogP contribution in [0.25, 0.3) is 0 Å². The Balaban J connectivity index is 0.000000154. The SMILES string of the molecule is O=C1CCc2cc(C(O)CN3C[C@H]4C[C@H](Oc5ccccc5)C[C@@]4(O)C3)ccc2N1.O=C1CCc2cc(C(O)CN3C[C@H]4C[C@H](Oc5ccccc5)C[C@@]4(O)C3)ccc2N1. The van der Waals surface area contributed by atoms with Crippen molar-refractivity contribution < 1.29 is 39.5 Å². The highest BCUT2D eigenvalue weighted by molar-refractivity contribution is 5.94. The van der Waals surface area contributed by atoms with Gasteiger partial charge < -0.3 is 40.5 Å². The highest BCUT2D eigenvalue weighted by Crippen LogP contribution is 2.45. The van der Waals surface area contributed by atoms with E-state index in [0.717, 1.165) is 71.1 Å². The Kier molecular flexibility index (Phi) is 11.4. The van der Waals surface area contributed by atoms with Gasteiger partial charge in [-0.1, -0.05) is 60.7 Å². The maximum absolute atomic E-state index is 11.5. The fourth-order valence-electron chi connectivity index (χ4n) is 10.5. The van der Waals surface area contributed by atoms with Crippen molar-refractivity contribution in [1.82, 2.24) is 9.80 Å². The van der Waals surface area contributed by atoms with Crippen LogP contribution in [-0.2, 0) is 22.4 Å². The van der Waals surface area contributed by atoms with E-state index in [2.05, 4.69) is 20.4 Å². The summed E-state index contributed by atoms with van der Waals surface area (Å²) in [4.78, 5) is 27.4. The zero-order valence-corrected chi connectivity index (χ0v) is 33.9. The van der Waals surface area contributed by atoms with Gasteiger partial charge in [0, 0.05) is 88.2 Å². The molecular weight excluding hydrogens is 761 g/mol. The van der Waals surface area contributed by atoms with Crippen LogP contribution in [-0.4, -0.2) is 105 Å². The number of benzene rings is 4. The lowest BCUT2D eigenvalue weighted by Crippen LogP contribution is -2.36. The van der Waals surface area contributed by atoms with Crippen molar-refractivity contribution in [3.05, 3.63) is 119 Å². The first-order valence-electron chi connectivity index (χ1n) is 21.5. The second-order valence-corrected chi connectivity index (χ2v) is 17.9. The first-order chi connectivity index (χ1) is 29.0. The molecule has 2 aliphatic carbocycles. The number of amides is 2. The molecule has 8 atom stereocenters. The Morgan fingerprint density at radius 2 is 1.02 bits per heavy atom. The summed E-state index contributed by atoms with van der Waals surface area (Å²) in [6.07, 6.45) is 4.11. The number of nitrogens with one attached hydrogen (secondary N) is 2. The molecule has 4 aliphatic heterocycles. The highest BCUT2D eigenvalue weighted by Gasteiger charge is 2.54. The van der Waals surface area contributed by atoms with Gasteiger partial charge in [-0.15, -0.1) is 0 Å². The summed E-state index contributed by atoms with van der Waals surface area (Å²) >= 11 is 0. The number of fused-ring (bicyclic) bond motifs is 4. The normalized spacial score (nSPS) is 29.2. The molecule has 0 bridgehead atoms. The maximum atomic E-state index is 11.5. The summed E-state index contributed by atoms with van der Waals surface area (Å²) in [5.74, 6) is 2.11. The van der Waals surface area contributed by atoms with E-state index >= 15 is 0 Å². The van der Waals surface area contributed by atoms with Gasteiger partial charge in [-0.2, -0.15) is 0 Å². The van der Waals surface area contributed by atoms with Crippen LogP contribution in [0.4, 0.5) is 11.4 Å². The van der Waals surface area contributed by atoms with Gasteiger partial charge >= 0.3 is 0 Å². The molecule has 0 aromatic heterocycles. The topological polar surface area (TPSA) is 164 Å². The quantitative estimate of drug-likeness (QED) is 0.128. The molecule has 10 rings (SSSR count). The Labute approximate surface area is 351 Å². The molecule has 4 aromatic rings. The Hall–Kier alpha value is -4.82. The van der Waals surface area contributed by atoms with E-state index < -0.39 is 23.4 Å². The average molecular weight is 817 g/mol. The Morgan fingerprint density at radius 1 is 0.600 bits per heavy atom. The number of ether oxygens (including phenoxy) is 2. The van der Waals surface area contributed by atoms with Gasteiger partial charge in [-0.05, 0) is 84.3 Å². The maximum Gasteiger partial charge on any atom is 0.224 e. The number of para-hydroxylation sites is 2. The smallest absolute Gasteiger partial charge is 0.224 e. The lowest BCUT2D eigenvalue weighted by atomic mass is 9.95. The number of aliphatic hydroxyl groups is 4. The summed E-state index contributed by atoms with van der Waals surface area (Å²) in [6, 6.07) is 31.1. The summed E-state index contributed by atoms with van der Waals surface area (Å²) in [7, 11) is 0. The second kappa shape index (κ2) is 16.9. The predicted octanol–water partition coefficient (Wildman–Crippen LogP) is 5.02. The van der Waals surface area contributed by atoms with E-state index in [4.69, 9.17) is 9.47 Å². The van der Waals surface area contributed by atoms with E-state index in [1.165, 1.54) is 0 Å². The number of hydrogen-bond donors (Lipinski definition) is 6. The number of carbonyl (C=O) groups excluding carboxylic acids is 2. The number of aryl methyl sites for hydroxylation is 2. The van der Waals surface area contributed by atoms with E-state index in [1.807, 2.05) is 97.1 Å². The third-order valence-electron chi connectivity index (χ3n) is 13.5. The van der Waals surface area contributed by atoms with Gasteiger partial charge in [0.25, 0.3) is 0 Å². The van der Waals surface area contributed by atoms with Gasteiger partial charge in [0.15, 0.2) is 0 Å². The minimum atomic E-state index is -0.751. The Morgan fingerprint density at radius 3 is 1.42 bits per heavy atom. The number of likely N-dealkylation sites (tertiary alicyclic amines) is 2. The molecule has 12 nitrogen and oxygen atoms in total. The molecule has 4 aromatic carbocycles. The van der Waals surface area contributed by atoms with Crippen LogP contribution in [0.2, 0.25) is 0 Å². The lowest BCUT2D eigenvalue weighted by Gasteiger charge is -2.25. The van der Waals surface area contributed by atoms with Crippen LogP contribution >= 0.6 is 0 Å². The third kappa shape index (κ3) is 8.95. The Bertz CT molecular complexity index is 2020. The number of aliphatic hydroxyl groups excluding tert-OH is 2. The van der Waals surface area contributed by atoms with Crippen molar-refractivity contribution in [2.75, 3.05) is 49.9 Å². The number of anilines is 2. The molecule has 12 heteroatoms. The molecule has 60 heavy (non-hydrogen) atoms. The molecular formula is C48H56N4O8. The van der Waals surface area contributed by atoms with E-state index in [-0.39, 0.29) is 35.9 Å². The molecule has 2 saturated heterocycles. The van der Waals surface area contributed by atoms with Crippen LogP contribution in [0.5, 0.6) is 11.5 Å². The number of nitrogens with zero attached hydrogens (tertiary/aromatic N) is 2. The van der Waals surface area contributed by atoms with Crippen LogP contribution in [0, 0.1) is 11.8 Å². The third-order valence-corrected chi connectivity index (χ3v) is 13.5. The summed E-state index contributed by atoms with van der Waals surface area (Å²) in [5.41, 5.74) is 4.05. The van der Waals surface area contributed by atoms with Crippen LogP contribution in [0.1, 0.15) is 73.0 Å². The minimum Gasteiger partial charge on any atom is -0.490 e. The molecule has 6 aliphatic rings. The summed E-state index contributed by atoms with van der Waals surface area (Å²) in [5, 5.41) is 49.7. The standard InChI is InChI=1S/2C24H28N2O4/c2*27-22(17-6-8-21-16(10-17)7-9-23(28)25-21)14-26-13-18-11-20(12-24(18,29)15-26)30-19-4-2-1-3-5-19/h2*1-6,8,10,18,20,22,27,29H,7,9,11-15H2,(H,25,28)/t2*18-,20+,22?,24-/m11/s1. The summed E-state index contributed by atoms with van der Waals surface area (Å²) < 4.78 is 12.1. The average Bonchev–Trinajstić information content (AvgIpc) is 3.90. The molecule has 0 spiro atoms. The predicted molar refractivity (Wildman–Crippen MR) is 227 cm³/mol. The fourth-order valence-corrected chi connectivity index (χ4v) is 10.5. The molecule has 2 unspecified atom stereocenters. The molecule has 6 N–H and O–H groups in total. The van der Waals surface area contributed by atoms with Crippen LogP contribution in [0.3, 0.4) is 0 Å². The fraction of sp³-hybridized carbons (Fsp3) is 0.458. The zero-order chi connectivity index (χ0) is 41.4.